The van der Waals surface area contributed by atoms with Crippen LogP contribution in [0.25, 0.3) is 22.5 Å². The van der Waals surface area contributed by atoms with Gasteiger partial charge in [-0.1, -0.05) is 109 Å². The van der Waals surface area contributed by atoms with Crippen LogP contribution in [0.3, 0.4) is 0 Å². The summed E-state index contributed by atoms with van der Waals surface area (Å²) in [7, 11) is 0. The molecule has 0 aliphatic rings. The van der Waals surface area contributed by atoms with Crippen LogP contribution in [0.1, 0.15) is 22.6 Å². The molecule has 0 aliphatic heterocycles. The van der Waals surface area contributed by atoms with E-state index in [2.05, 4.69) is 91.0 Å². The van der Waals surface area contributed by atoms with Gasteiger partial charge in [0.15, 0.2) is 0 Å². The average molecular weight is 476 g/mol. The van der Waals surface area contributed by atoms with Crippen molar-refractivity contribution in [2.75, 3.05) is 0 Å². The highest BCUT2D eigenvalue weighted by Crippen LogP contribution is 2.43. The lowest BCUT2D eigenvalue weighted by molar-refractivity contribution is 0.665. The Bertz CT molecular complexity index is 1470. The van der Waals surface area contributed by atoms with Crippen LogP contribution >= 0.6 is 0 Å². The smallest absolute Gasteiger partial charge is 0.122 e. The molecule has 0 saturated carbocycles. The van der Waals surface area contributed by atoms with E-state index in [0.717, 1.165) is 45.2 Å². The molecule has 3 nitrogen and oxygen atoms in total. The lowest BCUT2D eigenvalue weighted by atomic mass is 9.71. The summed E-state index contributed by atoms with van der Waals surface area (Å²) in [6.45, 7) is 0. The number of hydrogen-bond acceptors (Lipinski definition) is 3. The van der Waals surface area contributed by atoms with Crippen LogP contribution in [0.5, 0.6) is 0 Å². The van der Waals surface area contributed by atoms with Gasteiger partial charge in [-0.2, -0.15) is 0 Å². The number of nitrogens with zero attached hydrogens (tertiary/aromatic N) is 3. The van der Waals surface area contributed by atoms with Gasteiger partial charge in [-0.15, -0.1) is 0 Å². The minimum Gasteiger partial charge on any atom is -0.260 e. The van der Waals surface area contributed by atoms with Crippen molar-refractivity contribution in [2.45, 2.75) is 5.41 Å². The molecule has 0 radical (unpaired) electrons. The third-order valence-electron chi connectivity index (χ3n) is 6.66. The van der Waals surface area contributed by atoms with E-state index < -0.39 is 5.41 Å². The Hall–Kier alpha value is -4.89. The van der Waals surface area contributed by atoms with E-state index >= 15 is 0 Å². The van der Waals surface area contributed by atoms with Crippen molar-refractivity contribution in [3.8, 4) is 22.5 Å². The second-order valence-electron chi connectivity index (χ2n) is 8.88. The van der Waals surface area contributed by atoms with Gasteiger partial charge in [0.2, 0.25) is 0 Å². The van der Waals surface area contributed by atoms with Crippen molar-refractivity contribution in [1.29, 1.82) is 0 Å². The molecule has 0 fully saturated rings. The van der Waals surface area contributed by atoms with E-state index in [4.69, 9.17) is 15.0 Å². The summed E-state index contributed by atoms with van der Waals surface area (Å²) in [6, 6.07) is 49.5. The van der Waals surface area contributed by atoms with E-state index in [9.17, 15) is 0 Å². The highest BCUT2D eigenvalue weighted by molar-refractivity contribution is 5.64. The highest BCUT2D eigenvalue weighted by atomic mass is 14.8. The Labute approximate surface area is 217 Å². The molecular formula is C34H25N3. The number of pyridine rings is 3. The minimum atomic E-state index is -0.821. The van der Waals surface area contributed by atoms with Gasteiger partial charge in [-0.25, -0.2) is 0 Å². The Morgan fingerprint density at radius 2 is 0.838 bits per heavy atom. The van der Waals surface area contributed by atoms with Gasteiger partial charge in [0.1, 0.15) is 5.41 Å². The summed E-state index contributed by atoms with van der Waals surface area (Å²) < 4.78 is 0. The number of benzene rings is 3. The molecule has 3 heteroatoms. The number of rotatable bonds is 6. The normalized spacial score (nSPS) is 11.2. The van der Waals surface area contributed by atoms with Crippen LogP contribution in [-0.2, 0) is 5.41 Å². The largest absolute Gasteiger partial charge is 0.260 e. The van der Waals surface area contributed by atoms with Crippen molar-refractivity contribution in [3.05, 3.63) is 174 Å². The fourth-order valence-corrected chi connectivity index (χ4v) is 4.94. The molecule has 37 heavy (non-hydrogen) atoms. The monoisotopic (exact) mass is 475 g/mol. The second kappa shape index (κ2) is 10.00. The number of hydrogen-bond donors (Lipinski definition) is 0. The zero-order valence-corrected chi connectivity index (χ0v) is 20.3. The molecule has 0 amide bonds. The summed E-state index contributed by atoms with van der Waals surface area (Å²) in [5.41, 5.74) is 6.81. The van der Waals surface area contributed by atoms with Gasteiger partial charge in [-0.3, -0.25) is 15.0 Å². The first kappa shape index (κ1) is 22.6. The van der Waals surface area contributed by atoms with E-state index in [-0.39, 0.29) is 0 Å². The maximum absolute atomic E-state index is 5.27. The first-order valence-corrected chi connectivity index (χ1v) is 12.4. The Morgan fingerprint density at radius 1 is 0.378 bits per heavy atom. The van der Waals surface area contributed by atoms with Gasteiger partial charge >= 0.3 is 0 Å². The van der Waals surface area contributed by atoms with Crippen LogP contribution in [0.2, 0.25) is 0 Å². The molecule has 3 aromatic carbocycles. The Kier molecular flexibility index (Phi) is 6.10. The molecule has 0 bridgehead atoms. The van der Waals surface area contributed by atoms with Crippen LogP contribution in [-0.4, -0.2) is 15.0 Å². The van der Waals surface area contributed by atoms with Crippen LogP contribution < -0.4 is 0 Å². The summed E-state index contributed by atoms with van der Waals surface area (Å²) in [5, 5.41) is 0. The zero-order chi connectivity index (χ0) is 24.9. The van der Waals surface area contributed by atoms with Crippen molar-refractivity contribution >= 4 is 0 Å². The summed E-state index contributed by atoms with van der Waals surface area (Å²) in [6.07, 6.45) is 1.84. The molecule has 3 aromatic heterocycles. The predicted molar refractivity (Wildman–Crippen MR) is 149 cm³/mol. The molecule has 0 saturated heterocycles. The lowest BCUT2D eigenvalue weighted by Gasteiger charge is -2.34. The summed E-state index contributed by atoms with van der Waals surface area (Å²) in [5.74, 6) is 0. The lowest BCUT2D eigenvalue weighted by Crippen LogP contribution is -2.34. The fraction of sp³-hybridized carbons (Fsp3) is 0.0294. The van der Waals surface area contributed by atoms with Gasteiger partial charge in [0, 0.05) is 17.3 Å². The van der Waals surface area contributed by atoms with E-state index in [1.807, 2.05) is 60.8 Å². The van der Waals surface area contributed by atoms with Crippen molar-refractivity contribution in [2.24, 2.45) is 0 Å². The maximum atomic E-state index is 5.27. The maximum Gasteiger partial charge on any atom is 0.122 e. The Morgan fingerprint density at radius 3 is 1.32 bits per heavy atom. The minimum absolute atomic E-state index is 0.821. The van der Waals surface area contributed by atoms with Gasteiger partial charge < -0.3 is 0 Å². The summed E-state index contributed by atoms with van der Waals surface area (Å²) in [4.78, 5) is 15.4. The standard InChI is InChI=1S/C34H25N3/c1-4-14-26(15-5-1)29-20-12-23-32(36-29)34(28-18-8-3-9-19-28,31-22-10-11-25-35-31)33-24-13-21-30(37-33)27-16-6-2-7-17-27/h1-25H. The molecule has 6 aromatic rings. The SMILES string of the molecule is c1ccc(-c2cccc(C(c3ccccc3)(c3ccccn3)c3cccc(-c4ccccc4)n3)n2)cc1. The van der Waals surface area contributed by atoms with Gasteiger partial charge in [0.05, 0.1) is 28.5 Å². The zero-order valence-electron chi connectivity index (χ0n) is 20.3. The van der Waals surface area contributed by atoms with Crippen molar-refractivity contribution < 1.29 is 0 Å². The van der Waals surface area contributed by atoms with Gasteiger partial charge in [0.25, 0.3) is 0 Å². The number of aromatic nitrogens is 3. The third-order valence-corrected chi connectivity index (χ3v) is 6.66. The van der Waals surface area contributed by atoms with E-state index in [0.29, 0.717) is 0 Å². The molecule has 0 N–H and O–H groups in total. The highest BCUT2D eigenvalue weighted by Gasteiger charge is 2.42. The van der Waals surface area contributed by atoms with Crippen molar-refractivity contribution in [3.63, 3.8) is 0 Å². The van der Waals surface area contributed by atoms with Crippen LogP contribution in [0.4, 0.5) is 0 Å². The molecule has 6 rings (SSSR count). The molecule has 3 heterocycles. The van der Waals surface area contributed by atoms with Crippen LogP contribution in [0.15, 0.2) is 152 Å². The Balaban J connectivity index is 1.68. The van der Waals surface area contributed by atoms with Gasteiger partial charge in [-0.05, 0) is 42.0 Å². The predicted octanol–water partition coefficient (Wildman–Crippen LogP) is 7.59. The van der Waals surface area contributed by atoms with E-state index in [1.54, 1.807) is 0 Å². The molecule has 176 valence electrons. The first-order chi connectivity index (χ1) is 18.4. The average Bonchev–Trinajstić information content (AvgIpc) is 3.00. The quantitative estimate of drug-likeness (QED) is 0.249. The third kappa shape index (κ3) is 4.21. The molecule has 0 spiro atoms. The molecule has 0 unspecified atom stereocenters. The fourth-order valence-electron chi connectivity index (χ4n) is 4.94. The molecular weight excluding hydrogens is 450 g/mol. The van der Waals surface area contributed by atoms with Crippen molar-refractivity contribution in [1.82, 2.24) is 15.0 Å². The molecule has 0 aliphatic carbocycles. The summed E-state index contributed by atoms with van der Waals surface area (Å²) >= 11 is 0. The second-order valence-corrected chi connectivity index (χ2v) is 8.88. The van der Waals surface area contributed by atoms with E-state index in [1.165, 1.54) is 0 Å². The van der Waals surface area contributed by atoms with Crippen LogP contribution in [0, 0.1) is 0 Å². The topological polar surface area (TPSA) is 38.7 Å². The first-order valence-electron chi connectivity index (χ1n) is 12.4. The molecule has 0 atom stereocenters.